The third kappa shape index (κ3) is 3.16. The molecule has 8 atom stereocenters. The van der Waals surface area contributed by atoms with Crippen LogP contribution < -0.4 is 0 Å². The normalized spacial score (nSPS) is 47.5. The van der Waals surface area contributed by atoms with Crippen molar-refractivity contribution in [3.05, 3.63) is 0 Å². The fourth-order valence-electron chi connectivity index (χ4n) is 8.49. The van der Waals surface area contributed by atoms with Crippen molar-refractivity contribution in [3.8, 4) is 0 Å². The Bertz CT molecular complexity index is 560. The zero-order chi connectivity index (χ0) is 19.2. The minimum atomic E-state index is -0.939. The largest absolute Gasteiger partial charge is 0.467 e. The molecule has 0 bridgehead atoms. The lowest BCUT2D eigenvalue weighted by atomic mass is 9.45. The van der Waals surface area contributed by atoms with Crippen LogP contribution in [0.2, 0.25) is 0 Å². The number of aliphatic hydroxyl groups is 1. The molecule has 0 aromatic carbocycles. The van der Waals surface area contributed by atoms with Gasteiger partial charge in [-0.15, -0.1) is 0 Å². The maximum Gasteiger partial charge on any atom is 0.334 e. The molecule has 0 heterocycles. The molecule has 0 aromatic rings. The molecule has 27 heavy (non-hydrogen) atoms. The van der Waals surface area contributed by atoms with Crippen LogP contribution in [0.5, 0.6) is 0 Å². The maximum absolute atomic E-state index is 11.6. The zero-order valence-electron chi connectivity index (χ0n) is 17.7. The molecule has 4 rings (SSSR count). The Morgan fingerprint density at radius 1 is 1.00 bits per heavy atom. The van der Waals surface area contributed by atoms with E-state index in [4.69, 9.17) is 4.74 Å². The van der Waals surface area contributed by atoms with Crippen molar-refractivity contribution in [2.45, 2.75) is 97.0 Å². The van der Waals surface area contributed by atoms with Crippen molar-refractivity contribution in [2.24, 2.45) is 40.4 Å². The number of ether oxygens (including phenoxy) is 1. The molecule has 4 saturated carbocycles. The molecule has 0 aliphatic heterocycles. The third-order valence-electron chi connectivity index (χ3n) is 10.0. The van der Waals surface area contributed by atoms with Gasteiger partial charge in [0.25, 0.3) is 0 Å². The summed E-state index contributed by atoms with van der Waals surface area (Å²) in [4.78, 5) is 11.6. The van der Waals surface area contributed by atoms with E-state index in [0.717, 1.165) is 30.1 Å². The van der Waals surface area contributed by atoms with E-state index < -0.39 is 12.1 Å². The van der Waals surface area contributed by atoms with Crippen molar-refractivity contribution in [1.82, 2.24) is 0 Å². The highest BCUT2D eigenvalue weighted by molar-refractivity contribution is 5.74. The average molecular weight is 377 g/mol. The summed E-state index contributed by atoms with van der Waals surface area (Å²) < 4.78 is 4.70. The molecule has 7 unspecified atom stereocenters. The van der Waals surface area contributed by atoms with Gasteiger partial charge in [0.2, 0.25) is 0 Å². The van der Waals surface area contributed by atoms with Crippen molar-refractivity contribution in [2.75, 3.05) is 7.11 Å². The predicted molar refractivity (Wildman–Crippen MR) is 107 cm³/mol. The number of aliphatic hydroxyl groups excluding tert-OH is 1. The molecule has 4 fully saturated rings. The molecule has 0 saturated heterocycles. The van der Waals surface area contributed by atoms with E-state index in [1.807, 2.05) is 0 Å². The lowest BCUT2D eigenvalue weighted by Crippen LogP contribution is -2.52. The topological polar surface area (TPSA) is 46.5 Å². The van der Waals surface area contributed by atoms with Crippen molar-refractivity contribution in [1.29, 1.82) is 0 Å². The molecule has 3 nitrogen and oxygen atoms in total. The summed E-state index contributed by atoms with van der Waals surface area (Å²) >= 11 is 0. The quantitative estimate of drug-likeness (QED) is 0.673. The lowest BCUT2D eigenvalue weighted by Gasteiger charge is -2.60. The molecule has 154 valence electrons. The van der Waals surface area contributed by atoms with E-state index in [1.54, 1.807) is 0 Å². The van der Waals surface area contributed by atoms with E-state index >= 15 is 0 Å². The summed E-state index contributed by atoms with van der Waals surface area (Å²) in [6, 6.07) is 0. The summed E-state index contributed by atoms with van der Waals surface area (Å²) in [6.45, 7) is 5.20. The Labute approximate surface area is 165 Å². The minimum absolute atomic E-state index is 0.425. The van der Waals surface area contributed by atoms with Gasteiger partial charge in [-0.25, -0.2) is 4.79 Å². The molecule has 1 N–H and O–H groups in total. The molecule has 4 aliphatic rings. The summed E-state index contributed by atoms with van der Waals surface area (Å²) in [5, 5.41) is 10.0. The van der Waals surface area contributed by atoms with Crippen molar-refractivity contribution in [3.63, 3.8) is 0 Å². The van der Waals surface area contributed by atoms with Gasteiger partial charge in [0.1, 0.15) is 0 Å². The lowest BCUT2D eigenvalue weighted by molar-refractivity contribution is -0.151. The summed E-state index contributed by atoms with van der Waals surface area (Å²) in [6.07, 6.45) is 14.8. The second-order valence-electron chi connectivity index (χ2n) is 10.8. The van der Waals surface area contributed by atoms with Gasteiger partial charge < -0.3 is 9.84 Å². The second kappa shape index (κ2) is 7.35. The fraction of sp³-hybridized carbons (Fsp3) is 0.958. The van der Waals surface area contributed by atoms with Crippen LogP contribution in [0, 0.1) is 40.4 Å². The molecular formula is C24H40O3. The van der Waals surface area contributed by atoms with Crippen LogP contribution in [0.25, 0.3) is 0 Å². The Hall–Kier alpha value is -0.570. The van der Waals surface area contributed by atoms with E-state index in [2.05, 4.69) is 13.8 Å². The first-order valence-corrected chi connectivity index (χ1v) is 11.7. The maximum atomic E-state index is 11.6. The van der Waals surface area contributed by atoms with Crippen LogP contribution in [-0.2, 0) is 9.53 Å². The standard InChI is InChI=1S/C24H40O3/c1-23-14-5-4-6-16(23)7-10-18-19-11-8-17(9-12-21(25)22(26)27-3)24(19,2)15-13-20(18)23/h16-21,25H,4-15H2,1-3H3/t16?,17-,18?,19?,20?,21?,23?,24?/m1/s1. The van der Waals surface area contributed by atoms with Crippen LogP contribution in [0.3, 0.4) is 0 Å². The number of carbonyl (C=O) groups excluding carboxylic acids is 1. The number of fused-ring (bicyclic) bond motifs is 5. The Kier molecular flexibility index (Phi) is 5.37. The van der Waals surface area contributed by atoms with Crippen LogP contribution >= 0.6 is 0 Å². The van der Waals surface area contributed by atoms with Gasteiger partial charge in [0.15, 0.2) is 6.10 Å². The molecule has 0 spiro atoms. The summed E-state index contributed by atoms with van der Waals surface area (Å²) in [7, 11) is 1.36. The zero-order valence-corrected chi connectivity index (χ0v) is 17.7. The smallest absolute Gasteiger partial charge is 0.334 e. The number of methoxy groups -OCH3 is 1. The summed E-state index contributed by atoms with van der Waals surface area (Å²) in [5.74, 6) is 3.94. The van der Waals surface area contributed by atoms with E-state index in [9.17, 15) is 9.90 Å². The molecule has 4 aliphatic carbocycles. The first-order chi connectivity index (χ1) is 12.9. The first kappa shape index (κ1) is 19.7. The number of rotatable bonds is 4. The third-order valence-corrected chi connectivity index (χ3v) is 10.0. The van der Waals surface area contributed by atoms with Gasteiger partial charge in [-0.1, -0.05) is 26.7 Å². The first-order valence-electron chi connectivity index (χ1n) is 11.7. The minimum Gasteiger partial charge on any atom is -0.467 e. The highest BCUT2D eigenvalue weighted by atomic mass is 16.5. The Morgan fingerprint density at radius 2 is 1.78 bits per heavy atom. The predicted octanol–water partition coefficient (Wildman–Crippen LogP) is 5.35. The number of esters is 1. The molecule has 3 heteroatoms. The van der Waals surface area contributed by atoms with Gasteiger partial charge in [-0.3, -0.25) is 0 Å². The fourth-order valence-corrected chi connectivity index (χ4v) is 8.49. The number of carbonyl (C=O) groups is 1. The molecule has 0 amide bonds. The monoisotopic (exact) mass is 376 g/mol. The van der Waals surface area contributed by atoms with Gasteiger partial charge >= 0.3 is 5.97 Å². The summed E-state index contributed by atoms with van der Waals surface area (Å²) in [5.41, 5.74) is 1.04. The van der Waals surface area contributed by atoms with Gasteiger partial charge in [0, 0.05) is 0 Å². The van der Waals surface area contributed by atoms with Crippen LogP contribution in [-0.4, -0.2) is 24.3 Å². The van der Waals surface area contributed by atoms with E-state index in [1.165, 1.54) is 71.3 Å². The van der Waals surface area contributed by atoms with Crippen LogP contribution in [0.15, 0.2) is 0 Å². The Morgan fingerprint density at radius 3 is 2.56 bits per heavy atom. The molecular weight excluding hydrogens is 336 g/mol. The van der Waals surface area contributed by atoms with Crippen molar-refractivity contribution < 1.29 is 14.6 Å². The highest BCUT2D eigenvalue weighted by Gasteiger charge is 2.59. The van der Waals surface area contributed by atoms with E-state index in [0.29, 0.717) is 23.2 Å². The number of hydrogen-bond acceptors (Lipinski definition) is 3. The van der Waals surface area contributed by atoms with Crippen LogP contribution in [0.4, 0.5) is 0 Å². The van der Waals surface area contributed by atoms with Gasteiger partial charge in [-0.05, 0) is 105 Å². The Balaban J connectivity index is 1.46. The second-order valence-corrected chi connectivity index (χ2v) is 10.8. The average Bonchev–Trinajstić information content (AvgIpc) is 3.01. The van der Waals surface area contributed by atoms with Gasteiger partial charge in [0.05, 0.1) is 7.11 Å². The highest BCUT2D eigenvalue weighted by Crippen LogP contribution is 2.67. The molecule has 0 aromatic heterocycles. The number of hydrogen-bond donors (Lipinski definition) is 1. The molecule has 0 radical (unpaired) electrons. The SMILES string of the molecule is COC(=O)C(O)CC[C@H]1CCC2C3CCC4CCCCC4(C)C3CCC21C. The van der Waals surface area contributed by atoms with Crippen molar-refractivity contribution >= 4 is 5.97 Å². The van der Waals surface area contributed by atoms with Gasteiger partial charge in [-0.2, -0.15) is 0 Å². The van der Waals surface area contributed by atoms with Crippen LogP contribution in [0.1, 0.15) is 90.9 Å². The van der Waals surface area contributed by atoms with E-state index in [-0.39, 0.29) is 0 Å².